The van der Waals surface area contributed by atoms with E-state index < -0.39 is 11.7 Å². The highest BCUT2D eigenvalue weighted by Crippen LogP contribution is 2.27. The Bertz CT molecular complexity index is 1340. The van der Waals surface area contributed by atoms with Crippen molar-refractivity contribution in [3.05, 3.63) is 83.6 Å². The van der Waals surface area contributed by atoms with E-state index >= 15 is 0 Å². The Hall–Kier alpha value is -4.40. The van der Waals surface area contributed by atoms with E-state index in [1.165, 1.54) is 4.90 Å². The van der Waals surface area contributed by atoms with Gasteiger partial charge in [0.15, 0.2) is 5.84 Å². The van der Waals surface area contributed by atoms with Gasteiger partial charge in [0.25, 0.3) is 0 Å². The van der Waals surface area contributed by atoms with Crippen LogP contribution < -0.4 is 10.1 Å². The Morgan fingerprint density at radius 2 is 1.92 bits per heavy atom. The number of amides is 3. The number of nitrogens with one attached hydrogen (secondary N) is 1. The summed E-state index contributed by atoms with van der Waals surface area (Å²) in [4.78, 5) is 35.4. The number of rotatable bonds is 5. The maximum absolute atomic E-state index is 12.9. The zero-order valence-corrected chi connectivity index (χ0v) is 21.0. The number of amidine groups is 1. The van der Waals surface area contributed by atoms with Crippen LogP contribution in [0.2, 0.25) is 0 Å². The zero-order valence-electron chi connectivity index (χ0n) is 21.0. The van der Waals surface area contributed by atoms with E-state index in [0.29, 0.717) is 11.4 Å². The largest absolute Gasteiger partial charge is 0.495 e. The molecule has 36 heavy (non-hydrogen) atoms. The molecule has 1 saturated heterocycles. The van der Waals surface area contributed by atoms with E-state index in [2.05, 4.69) is 15.3 Å². The number of nitrogens with zero attached hydrogens (tertiary/aromatic N) is 4. The lowest BCUT2D eigenvalue weighted by atomic mass is 10.1. The lowest BCUT2D eigenvalue weighted by Gasteiger charge is -2.19. The zero-order chi connectivity index (χ0) is 25.9. The van der Waals surface area contributed by atoms with Gasteiger partial charge in [-0.2, -0.15) is 4.99 Å². The van der Waals surface area contributed by atoms with Crippen LogP contribution in [0.3, 0.4) is 0 Å². The van der Waals surface area contributed by atoms with Crippen molar-refractivity contribution in [2.75, 3.05) is 7.11 Å². The van der Waals surface area contributed by atoms with E-state index in [9.17, 15) is 9.59 Å². The van der Waals surface area contributed by atoms with Crippen molar-refractivity contribution < 1.29 is 19.1 Å². The average molecular weight is 488 g/mol. The molecule has 2 heterocycles. The predicted molar refractivity (Wildman–Crippen MR) is 137 cm³/mol. The van der Waals surface area contributed by atoms with E-state index in [0.717, 1.165) is 22.5 Å². The first-order chi connectivity index (χ1) is 17.1. The number of aromatic nitrogens is 2. The molecule has 0 spiro atoms. The summed E-state index contributed by atoms with van der Waals surface area (Å²) in [6, 6.07) is 14.7. The molecule has 186 valence electrons. The number of aryl methyl sites for hydroxylation is 1. The van der Waals surface area contributed by atoms with Crippen molar-refractivity contribution in [3.63, 3.8) is 0 Å². The smallest absolute Gasteiger partial charge is 0.436 e. The monoisotopic (exact) mass is 487 g/mol. The molecule has 4 rings (SSSR count). The van der Waals surface area contributed by atoms with E-state index in [4.69, 9.17) is 9.47 Å². The lowest BCUT2D eigenvalue weighted by Crippen LogP contribution is -2.31. The molecule has 1 N–H and O–H groups in total. The Kier molecular flexibility index (Phi) is 6.91. The van der Waals surface area contributed by atoms with Crippen LogP contribution in [-0.2, 0) is 11.3 Å². The second-order valence-electron chi connectivity index (χ2n) is 9.33. The van der Waals surface area contributed by atoms with E-state index in [1.807, 2.05) is 66.2 Å². The van der Waals surface area contributed by atoms with Gasteiger partial charge in [-0.1, -0.05) is 36.4 Å². The molecular formula is C27H29N5O4. The Balaban J connectivity index is 1.71. The summed E-state index contributed by atoms with van der Waals surface area (Å²) < 4.78 is 12.9. The predicted octanol–water partition coefficient (Wildman–Crippen LogP) is 5.09. The summed E-state index contributed by atoms with van der Waals surface area (Å²) in [6.07, 6.45) is 4.59. The molecule has 1 aliphatic heterocycles. The molecule has 0 bridgehead atoms. The molecule has 9 nitrogen and oxygen atoms in total. The van der Waals surface area contributed by atoms with Crippen LogP contribution in [-0.4, -0.2) is 45.1 Å². The Labute approximate surface area is 210 Å². The van der Waals surface area contributed by atoms with Gasteiger partial charge in [0.05, 0.1) is 37.1 Å². The van der Waals surface area contributed by atoms with Gasteiger partial charge in [-0.15, -0.1) is 0 Å². The summed E-state index contributed by atoms with van der Waals surface area (Å²) in [5.41, 5.74) is 3.02. The van der Waals surface area contributed by atoms with Crippen LogP contribution in [0.4, 0.5) is 9.59 Å². The molecule has 1 aliphatic rings. The molecule has 0 atom stereocenters. The molecule has 0 saturated carbocycles. The first-order valence-electron chi connectivity index (χ1n) is 11.5. The summed E-state index contributed by atoms with van der Waals surface area (Å²) in [6.45, 7) is 7.44. The van der Waals surface area contributed by atoms with E-state index in [1.54, 1.807) is 40.3 Å². The minimum absolute atomic E-state index is 0.186. The number of benzene rings is 2. The fraction of sp³-hybridized carbons (Fsp3) is 0.259. The van der Waals surface area contributed by atoms with Gasteiger partial charge < -0.3 is 19.4 Å². The van der Waals surface area contributed by atoms with Crippen molar-refractivity contribution in [2.45, 2.75) is 39.8 Å². The highest BCUT2D eigenvalue weighted by molar-refractivity contribution is 6.18. The fourth-order valence-electron chi connectivity index (χ4n) is 3.70. The molecule has 1 fully saturated rings. The van der Waals surface area contributed by atoms with Gasteiger partial charge in [0.2, 0.25) is 0 Å². The number of methoxy groups -OCH3 is 1. The molecule has 3 amide bonds. The number of ether oxygens (including phenoxy) is 2. The quantitative estimate of drug-likeness (QED) is 0.541. The van der Waals surface area contributed by atoms with Crippen LogP contribution in [0.1, 0.15) is 37.6 Å². The summed E-state index contributed by atoms with van der Waals surface area (Å²) in [5.74, 6) is 0.809. The third-order valence-corrected chi connectivity index (χ3v) is 5.26. The van der Waals surface area contributed by atoms with Crippen LogP contribution >= 0.6 is 0 Å². The molecule has 2 aromatic carbocycles. The third-order valence-electron chi connectivity index (χ3n) is 5.26. The molecule has 0 unspecified atom stereocenters. The van der Waals surface area contributed by atoms with E-state index in [-0.39, 0.29) is 18.4 Å². The fourth-order valence-corrected chi connectivity index (χ4v) is 3.70. The van der Waals surface area contributed by atoms with Crippen molar-refractivity contribution in [1.29, 1.82) is 0 Å². The lowest BCUT2D eigenvalue weighted by molar-refractivity contribution is 0.0603. The van der Waals surface area contributed by atoms with Gasteiger partial charge >= 0.3 is 12.1 Å². The minimum atomic E-state index is -0.777. The second kappa shape index (κ2) is 10.1. The van der Waals surface area contributed by atoms with Gasteiger partial charge in [0, 0.05) is 6.20 Å². The standard InChI is InChI=1S/C27H29N5O4/c1-18-15-31(17-28-18)22-12-11-20(14-23(22)35-5)13-21-24(30-26(34)36-27(2,3)4)32(25(33)29-21)16-19-9-7-6-8-10-19/h6-15,17H,16H2,1-5H3,(H,29,33)/b21-13-,30-24-. The number of carbonyl (C=O) groups is 2. The Morgan fingerprint density at radius 3 is 2.56 bits per heavy atom. The number of urea groups is 1. The highest BCUT2D eigenvalue weighted by Gasteiger charge is 2.33. The maximum atomic E-state index is 12.9. The van der Waals surface area contributed by atoms with Crippen LogP contribution in [0, 0.1) is 6.92 Å². The maximum Gasteiger partial charge on any atom is 0.436 e. The summed E-state index contributed by atoms with van der Waals surface area (Å²) >= 11 is 0. The Morgan fingerprint density at radius 1 is 1.17 bits per heavy atom. The third kappa shape index (κ3) is 5.80. The molecule has 9 heteroatoms. The van der Waals surface area contributed by atoms with Gasteiger partial charge in [-0.3, -0.25) is 4.90 Å². The number of aliphatic imine (C=N–C) groups is 1. The van der Waals surface area contributed by atoms with Gasteiger partial charge in [0.1, 0.15) is 11.4 Å². The van der Waals surface area contributed by atoms with Crippen LogP contribution in [0.25, 0.3) is 11.8 Å². The first-order valence-corrected chi connectivity index (χ1v) is 11.5. The number of imidazole rings is 1. The topological polar surface area (TPSA) is 98.0 Å². The first kappa shape index (κ1) is 24.7. The van der Waals surface area contributed by atoms with Crippen molar-refractivity contribution in [1.82, 2.24) is 19.8 Å². The average Bonchev–Trinajstić information content (AvgIpc) is 3.37. The normalized spacial score (nSPS) is 15.9. The minimum Gasteiger partial charge on any atom is -0.495 e. The van der Waals surface area contributed by atoms with Crippen LogP contribution in [0.5, 0.6) is 5.75 Å². The van der Waals surface area contributed by atoms with Gasteiger partial charge in [-0.25, -0.2) is 14.6 Å². The molecule has 1 aromatic heterocycles. The number of hydrogen-bond donors (Lipinski definition) is 1. The second-order valence-corrected chi connectivity index (χ2v) is 9.33. The van der Waals surface area contributed by atoms with Crippen molar-refractivity contribution in [2.24, 2.45) is 4.99 Å². The summed E-state index contributed by atoms with van der Waals surface area (Å²) in [5, 5.41) is 2.83. The number of hydrogen-bond acceptors (Lipinski definition) is 5. The molecule has 0 aliphatic carbocycles. The molecule has 0 radical (unpaired) electrons. The van der Waals surface area contributed by atoms with Crippen molar-refractivity contribution >= 4 is 24.0 Å². The number of carbonyl (C=O) groups excluding carboxylic acids is 2. The van der Waals surface area contributed by atoms with Crippen molar-refractivity contribution in [3.8, 4) is 11.4 Å². The van der Waals surface area contributed by atoms with Gasteiger partial charge in [-0.05, 0) is 57.0 Å². The molecule has 3 aromatic rings. The summed E-state index contributed by atoms with van der Waals surface area (Å²) in [7, 11) is 1.59. The molecular weight excluding hydrogens is 458 g/mol. The SMILES string of the molecule is COc1cc(/C=C2\NC(=O)N(Cc3ccccc3)\C2=N/C(=O)OC(C)(C)C)ccc1-n1cnc(C)c1. The van der Waals surface area contributed by atoms with Crippen LogP contribution in [0.15, 0.2) is 71.7 Å². The highest BCUT2D eigenvalue weighted by atomic mass is 16.6.